The number of nitrogens with zero attached hydrogens (tertiary/aromatic N) is 3. The van der Waals surface area contributed by atoms with Crippen LogP contribution in [0, 0.1) is 5.92 Å². The first-order valence-corrected chi connectivity index (χ1v) is 12.5. The average Bonchev–Trinajstić information content (AvgIpc) is 2.88. The van der Waals surface area contributed by atoms with Crippen LogP contribution in [0.3, 0.4) is 0 Å². The quantitative estimate of drug-likeness (QED) is 0.348. The monoisotopic (exact) mass is 505 g/mol. The number of likely N-dealkylation sites (N-methyl/N-ethyl adjacent to an activating group) is 2. The lowest BCUT2D eigenvalue weighted by atomic mass is 9.84. The highest BCUT2D eigenvalue weighted by molar-refractivity contribution is 5.91. The minimum atomic E-state index is -1.30. The van der Waals surface area contributed by atoms with E-state index >= 15 is 0 Å². The fourth-order valence-corrected chi connectivity index (χ4v) is 4.41. The van der Waals surface area contributed by atoms with Crippen molar-refractivity contribution in [1.82, 2.24) is 25.6 Å². The summed E-state index contributed by atoms with van der Waals surface area (Å²) in [6.45, 7) is 0.498. The minimum absolute atomic E-state index is 0.0285. The average molecular weight is 506 g/mol. The van der Waals surface area contributed by atoms with Gasteiger partial charge >= 0.3 is 6.09 Å². The molecule has 0 spiro atoms. The second-order valence-corrected chi connectivity index (χ2v) is 9.28. The highest BCUT2D eigenvalue weighted by Gasteiger charge is 2.31. The summed E-state index contributed by atoms with van der Waals surface area (Å²) in [6, 6.07) is 1.76. The highest BCUT2D eigenvalue weighted by Crippen LogP contribution is 2.27. The zero-order valence-corrected chi connectivity index (χ0v) is 21.4. The largest absolute Gasteiger partial charge is 0.465 e. The topological polar surface area (TPSA) is 141 Å². The predicted octanol–water partition coefficient (Wildman–Crippen LogP) is 1.97. The third kappa shape index (κ3) is 9.80. The molecule has 200 valence electrons. The predicted molar refractivity (Wildman–Crippen MR) is 133 cm³/mol. The molecule has 0 saturated heterocycles. The number of carbonyl (C=O) groups excluding carboxylic acids is 3. The molecule has 11 heteroatoms. The summed E-state index contributed by atoms with van der Waals surface area (Å²) in [5, 5.41) is 15.2. The van der Waals surface area contributed by atoms with Crippen LogP contribution in [0.1, 0.15) is 56.9 Å². The third-order valence-electron chi connectivity index (χ3n) is 6.66. The van der Waals surface area contributed by atoms with E-state index in [1.54, 1.807) is 24.3 Å². The number of rotatable bonds is 13. The Bertz CT molecular complexity index is 862. The van der Waals surface area contributed by atoms with E-state index in [0.29, 0.717) is 19.4 Å². The zero-order valence-electron chi connectivity index (χ0n) is 21.4. The summed E-state index contributed by atoms with van der Waals surface area (Å²) < 4.78 is 0. The summed E-state index contributed by atoms with van der Waals surface area (Å²) in [7, 11) is 4.43. The van der Waals surface area contributed by atoms with E-state index in [1.807, 2.05) is 12.1 Å². The lowest BCUT2D eigenvalue weighted by Crippen LogP contribution is -2.54. The van der Waals surface area contributed by atoms with Crippen molar-refractivity contribution in [3.8, 4) is 0 Å². The Hall–Kier alpha value is -3.21. The minimum Gasteiger partial charge on any atom is -0.465 e. The van der Waals surface area contributed by atoms with Crippen LogP contribution < -0.4 is 10.6 Å². The van der Waals surface area contributed by atoms with Crippen LogP contribution in [-0.4, -0.2) is 83.7 Å². The molecular formula is C25H39N5O6. The maximum Gasteiger partial charge on any atom is 0.405 e. The zero-order chi connectivity index (χ0) is 26.5. The normalized spacial score (nSPS) is 15.4. The van der Waals surface area contributed by atoms with Crippen LogP contribution in [0.2, 0.25) is 0 Å². The maximum absolute atomic E-state index is 13.1. The van der Waals surface area contributed by atoms with Gasteiger partial charge < -0.3 is 20.6 Å². The Kier molecular flexibility index (Phi) is 12.1. The van der Waals surface area contributed by atoms with Crippen molar-refractivity contribution in [1.29, 1.82) is 0 Å². The molecule has 1 fully saturated rings. The smallest absolute Gasteiger partial charge is 0.405 e. The fourth-order valence-electron chi connectivity index (χ4n) is 4.41. The second-order valence-electron chi connectivity index (χ2n) is 9.28. The Morgan fingerprint density at radius 2 is 1.75 bits per heavy atom. The van der Waals surface area contributed by atoms with Gasteiger partial charge in [-0.2, -0.15) is 0 Å². The van der Waals surface area contributed by atoms with Crippen molar-refractivity contribution in [2.45, 2.75) is 69.9 Å². The van der Waals surface area contributed by atoms with Crippen LogP contribution in [0.15, 0.2) is 24.5 Å². The van der Waals surface area contributed by atoms with E-state index in [2.05, 4.69) is 15.6 Å². The number of carboxylic acid groups (broad SMARTS) is 1. The van der Waals surface area contributed by atoms with Crippen molar-refractivity contribution < 1.29 is 29.1 Å². The molecule has 1 aliphatic carbocycles. The standard InChI is InChI=1S/C25H39N5O6/c1-29(16-13-18-11-14-26-15-12-18)22(31)10-9-20(24(33)30(2)36-3)27-23(32)21(28-25(34)35)17-19-7-5-4-6-8-19/h11-12,14-15,19-21,28H,4-10,13,16-17H2,1-3H3,(H,27,32)(H,34,35). The van der Waals surface area contributed by atoms with Gasteiger partial charge in [-0.3, -0.25) is 24.2 Å². The summed E-state index contributed by atoms with van der Waals surface area (Å²) in [5.74, 6) is -1.03. The number of nitrogens with one attached hydrogen (secondary N) is 2. The molecule has 1 saturated carbocycles. The Morgan fingerprint density at radius 1 is 1.08 bits per heavy atom. The number of amides is 4. The number of pyridine rings is 1. The van der Waals surface area contributed by atoms with Gasteiger partial charge in [-0.25, -0.2) is 9.86 Å². The molecule has 1 aliphatic rings. The molecule has 2 atom stereocenters. The van der Waals surface area contributed by atoms with Gasteiger partial charge in [-0.1, -0.05) is 32.1 Å². The molecule has 0 radical (unpaired) electrons. The second kappa shape index (κ2) is 15.0. The molecule has 11 nitrogen and oxygen atoms in total. The van der Waals surface area contributed by atoms with E-state index in [4.69, 9.17) is 4.84 Å². The first-order valence-electron chi connectivity index (χ1n) is 12.5. The SMILES string of the molecule is CON(C)C(=O)C(CCC(=O)N(C)CCc1ccncc1)NC(=O)C(CC1CCCCC1)NC(=O)O. The first kappa shape index (κ1) is 29.0. The van der Waals surface area contributed by atoms with Crippen LogP contribution in [0.25, 0.3) is 0 Å². The summed E-state index contributed by atoms with van der Waals surface area (Å²) in [4.78, 5) is 60.5. The number of hydroxylamine groups is 2. The van der Waals surface area contributed by atoms with Gasteiger partial charge in [-0.05, 0) is 42.9 Å². The molecule has 4 amide bonds. The molecule has 3 N–H and O–H groups in total. The van der Waals surface area contributed by atoms with E-state index < -0.39 is 30.0 Å². The van der Waals surface area contributed by atoms with Crippen LogP contribution in [-0.2, 0) is 25.6 Å². The molecule has 36 heavy (non-hydrogen) atoms. The molecule has 2 unspecified atom stereocenters. The van der Waals surface area contributed by atoms with Crippen molar-refractivity contribution in [2.24, 2.45) is 5.92 Å². The molecular weight excluding hydrogens is 466 g/mol. The Labute approximate surface area is 212 Å². The van der Waals surface area contributed by atoms with Crippen LogP contribution >= 0.6 is 0 Å². The fraction of sp³-hybridized carbons (Fsp3) is 0.640. The van der Waals surface area contributed by atoms with Crippen LogP contribution in [0.4, 0.5) is 4.79 Å². The van der Waals surface area contributed by atoms with E-state index in [1.165, 1.54) is 14.2 Å². The first-order chi connectivity index (χ1) is 17.2. The van der Waals surface area contributed by atoms with E-state index in [9.17, 15) is 24.3 Å². The van der Waals surface area contributed by atoms with Crippen molar-refractivity contribution >= 4 is 23.8 Å². The van der Waals surface area contributed by atoms with Gasteiger partial charge in [0, 0.05) is 39.5 Å². The summed E-state index contributed by atoms with van der Waals surface area (Å²) >= 11 is 0. The van der Waals surface area contributed by atoms with Crippen molar-refractivity contribution in [3.05, 3.63) is 30.1 Å². The number of hydrogen-bond donors (Lipinski definition) is 3. The molecule has 0 bridgehead atoms. The molecule has 1 heterocycles. The Balaban J connectivity index is 2.00. The van der Waals surface area contributed by atoms with Gasteiger partial charge in [0.2, 0.25) is 11.8 Å². The molecule has 0 aromatic carbocycles. The Morgan fingerprint density at radius 3 is 2.36 bits per heavy atom. The van der Waals surface area contributed by atoms with Gasteiger partial charge in [0.15, 0.2) is 0 Å². The number of aromatic nitrogens is 1. The summed E-state index contributed by atoms with van der Waals surface area (Å²) in [6.07, 6.45) is 8.37. The lowest BCUT2D eigenvalue weighted by molar-refractivity contribution is -0.172. The lowest BCUT2D eigenvalue weighted by Gasteiger charge is -2.28. The maximum atomic E-state index is 13.1. The summed E-state index contributed by atoms with van der Waals surface area (Å²) in [5.41, 5.74) is 1.06. The molecule has 2 rings (SSSR count). The van der Waals surface area contributed by atoms with Crippen molar-refractivity contribution in [2.75, 3.05) is 27.7 Å². The molecule has 1 aromatic heterocycles. The van der Waals surface area contributed by atoms with E-state index in [-0.39, 0.29) is 24.7 Å². The molecule has 0 aliphatic heterocycles. The highest BCUT2D eigenvalue weighted by atomic mass is 16.7. The van der Waals surface area contributed by atoms with Gasteiger partial charge in [-0.15, -0.1) is 0 Å². The molecule has 1 aromatic rings. The van der Waals surface area contributed by atoms with Crippen molar-refractivity contribution in [3.63, 3.8) is 0 Å². The van der Waals surface area contributed by atoms with E-state index in [0.717, 1.165) is 42.7 Å². The number of hydrogen-bond acceptors (Lipinski definition) is 6. The van der Waals surface area contributed by atoms with Crippen LogP contribution in [0.5, 0.6) is 0 Å². The third-order valence-corrected chi connectivity index (χ3v) is 6.66. The van der Waals surface area contributed by atoms with Gasteiger partial charge in [0.25, 0.3) is 5.91 Å². The number of carbonyl (C=O) groups is 4. The van der Waals surface area contributed by atoms with Gasteiger partial charge in [0.1, 0.15) is 12.1 Å². The van der Waals surface area contributed by atoms with Gasteiger partial charge in [0.05, 0.1) is 7.11 Å².